The number of hydrogen-bond acceptors (Lipinski definition) is 7. The number of rotatable bonds is 5. The first-order valence-corrected chi connectivity index (χ1v) is 9.17. The van der Waals surface area contributed by atoms with E-state index in [1.165, 1.54) is 7.11 Å². The molecule has 1 aliphatic heterocycles. The second-order valence-corrected chi connectivity index (χ2v) is 8.53. The van der Waals surface area contributed by atoms with Gasteiger partial charge in [0.1, 0.15) is 9.84 Å². The first-order valence-electron chi connectivity index (χ1n) is 5.51. The van der Waals surface area contributed by atoms with Crippen molar-refractivity contribution in [1.82, 2.24) is 4.31 Å². The van der Waals surface area contributed by atoms with Gasteiger partial charge in [-0.1, -0.05) is 0 Å². The van der Waals surface area contributed by atoms with Crippen molar-refractivity contribution in [3.8, 4) is 0 Å². The Bertz CT molecular complexity index is 525. The molecule has 0 amide bonds. The number of methoxy groups -OCH3 is 1. The Labute approximate surface area is 112 Å². The number of hydrogen-bond donors (Lipinski definition) is 0. The molecular weight excluding hydrogens is 298 g/mol. The zero-order valence-corrected chi connectivity index (χ0v) is 12.4. The first kappa shape index (κ1) is 16.3. The van der Waals surface area contributed by atoms with Crippen molar-refractivity contribution in [1.29, 1.82) is 0 Å². The third-order valence-electron chi connectivity index (χ3n) is 2.60. The molecule has 0 aromatic rings. The highest BCUT2D eigenvalue weighted by molar-refractivity contribution is 7.93. The van der Waals surface area contributed by atoms with E-state index >= 15 is 0 Å². The minimum atomic E-state index is -3.72. The highest BCUT2D eigenvalue weighted by atomic mass is 32.2. The van der Waals surface area contributed by atoms with Gasteiger partial charge in [0.25, 0.3) is 0 Å². The highest BCUT2D eigenvalue weighted by Gasteiger charge is 2.33. The lowest BCUT2D eigenvalue weighted by atomic mass is 10.3. The van der Waals surface area contributed by atoms with Gasteiger partial charge in [0, 0.05) is 12.8 Å². The van der Waals surface area contributed by atoms with E-state index in [1.54, 1.807) is 0 Å². The predicted molar refractivity (Wildman–Crippen MR) is 66.8 cm³/mol. The molecule has 1 rings (SSSR count). The van der Waals surface area contributed by atoms with Crippen LogP contribution in [-0.2, 0) is 34.1 Å². The van der Waals surface area contributed by atoms with Gasteiger partial charge in [-0.25, -0.2) is 21.6 Å². The van der Waals surface area contributed by atoms with Crippen LogP contribution in [0.5, 0.6) is 0 Å². The quantitative estimate of drug-likeness (QED) is 0.553. The lowest BCUT2D eigenvalue weighted by Crippen LogP contribution is -2.49. The minimum Gasteiger partial charge on any atom is -0.467 e. The molecule has 0 spiro atoms. The van der Waals surface area contributed by atoms with Gasteiger partial charge in [0.2, 0.25) is 10.0 Å². The number of sulfonamides is 1. The van der Waals surface area contributed by atoms with Gasteiger partial charge in [0.05, 0.1) is 31.8 Å². The molecule has 0 bridgehead atoms. The summed E-state index contributed by atoms with van der Waals surface area (Å²) < 4.78 is 56.5. The molecule has 1 saturated heterocycles. The predicted octanol–water partition coefficient (Wildman–Crippen LogP) is -1.77. The Morgan fingerprint density at radius 1 is 1.32 bits per heavy atom. The van der Waals surface area contributed by atoms with Crippen LogP contribution in [0.2, 0.25) is 0 Å². The van der Waals surface area contributed by atoms with Crippen molar-refractivity contribution < 1.29 is 31.1 Å². The molecule has 0 saturated carbocycles. The van der Waals surface area contributed by atoms with Gasteiger partial charge >= 0.3 is 5.97 Å². The Morgan fingerprint density at radius 2 is 1.95 bits per heavy atom. The molecule has 0 aromatic carbocycles. The zero-order valence-electron chi connectivity index (χ0n) is 10.7. The second kappa shape index (κ2) is 6.16. The Balaban J connectivity index is 2.70. The molecule has 1 unspecified atom stereocenters. The summed E-state index contributed by atoms with van der Waals surface area (Å²) in [6, 6.07) is 0. The summed E-state index contributed by atoms with van der Waals surface area (Å²) in [6.45, 7) is 0.0101. The summed E-state index contributed by atoms with van der Waals surface area (Å²) in [7, 11) is -5.90. The van der Waals surface area contributed by atoms with E-state index in [4.69, 9.17) is 4.74 Å². The number of nitrogens with zero attached hydrogens (tertiary/aromatic N) is 1. The molecule has 19 heavy (non-hydrogen) atoms. The van der Waals surface area contributed by atoms with Gasteiger partial charge in [0.15, 0.2) is 6.10 Å². The summed E-state index contributed by atoms with van der Waals surface area (Å²) in [5.74, 6) is -1.60. The van der Waals surface area contributed by atoms with E-state index in [-0.39, 0.29) is 19.7 Å². The van der Waals surface area contributed by atoms with Crippen LogP contribution in [-0.4, -0.2) is 77.8 Å². The van der Waals surface area contributed by atoms with E-state index in [0.717, 1.165) is 10.6 Å². The van der Waals surface area contributed by atoms with Crippen molar-refractivity contribution in [3.05, 3.63) is 0 Å². The molecule has 1 fully saturated rings. The zero-order chi connectivity index (χ0) is 14.7. The maximum atomic E-state index is 11.9. The molecule has 0 N–H and O–H groups in total. The Morgan fingerprint density at radius 3 is 2.47 bits per heavy atom. The molecule has 1 heterocycles. The van der Waals surface area contributed by atoms with Gasteiger partial charge < -0.3 is 9.47 Å². The second-order valence-electron chi connectivity index (χ2n) is 4.19. The summed E-state index contributed by atoms with van der Waals surface area (Å²) in [5.41, 5.74) is 0. The van der Waals surface area contributed by atoms with Crippen LogP contribution in [0.4, 0.5) is 0 Å². The van der Waals surface area contributed by atoms with E-state index in [2.05, 4.69) is 4.74 Å². The normalized spacial score (nSPS) is 22.1. The van der Waals surface area contributed by atoms with Crippen molar-refractivity contribution >= 4 is 25.8 Å². The van der Waals surface area contributed by atoms with Gasteiger partial charge in [-0.15, -0.1) is 0 Å². The molecule has 1 aliphatic rings. The molecule has 0 aromatic heterocycles. The maximum absolute atomic E-state index is 11.9. The van der Waals surface area contributed by atoms with Crippen LogP contribution in [0.15, 0.2) is 0 Å². The number of esters is 1. The third kappa shape index (κ3) is 5.05. The number of carbonyl (C=O) groups is 1. The van der Waals surface area contributed by atoms with Crippen LogP contribution in [0.3, 0.4) is 0 Å². The molecule has 10 heteroatoms. The van der Waals surface area contributed by atoms with E-state index < -0.39 is 43.4 Å². The molecular formula is C9H17NO7S2. The number of morpholine rings is 1. The van der Waals surface area contributed by atoms with E-state index in [1.807, 2.05) is 0 Å². The van der Waals surface area contributed by atoms with Crippen LogP contribution in [0.1, 0.15) is 0 Å². The van der Waals surface area contributed by atoms with Crippen molar-refractivity contribution in [3.63, 3.8) is 0 Å². The van der Waals surface area contributed by atoms with Crippen LogP contribution < -0.4 is 0 Å². The summed E-state index contributed by atoms with van der Waals surface area (Å²) >= 11 is 0. The lowest BCUT2D eigenvalue weighted by Gasteiger charge is -2.30. The standard InChI is InChI=1S/C9H17NO7S2/c1-16-9(11)8-7-10(3-4-17-8)19(14,15)6-5-18(2,12)13/h8H,3-7H2,1-2H3. The van der Waals surface area contributed by atoms with Gasteiger partial charge in [-0.2, -0.15) is 4.31 Å². The maximum Gasteiger partial charge on any atom is 0.336 e. The van der Waals surface area contributed by atoms with Crippen LogP contribution in [0, 0.1) is 0 Å². The average molecular weight is 315 g/mol. The fourth-order valence-corrected chi connectivity index (χ4v) is 4.57. The summed E-state index contributed by atoms with van der Waals surface area (Å²) in [6.07, 6.45) is 0.00535. The van der Waals surface area contributed by atoms with Crippen LogP contribution >= 0.6 is 0 Å². The first-order chi connectivity index (χ1) is 8.65. The Kier molecular flexibility index (Phi) is 5.30. The van der Waals surface area contributed by atoms with Crippen molar-refractivity contribution in [2.75, 3.05) is 44.6 Å². The monoisotopic (exact) mass is 315 g/mol. The van der Waals surface area contributed by atoms with Crippen molar-refractivity contribution in [2.45, 2.75) is 6.10 Å². The Hall–Kier alpha value is -0.710. The van der Waals surface area contributed by atoms with Crippen molar-refractivity contribution in [2.24, 2.45) is 0 Å². The smallest absolute Gasteiger partial charge is 0.336 e. The fourth-order valence-electron chi connectivity index (χ4n) is 1.54. The molecule has 0 aliphatic carbocycles. The number of sulfone groups is 1. The third-order valence-corrected chi connectivity index (χ3v) is 5.64. The molecule has 112 valence electrons. The van der Waals surface area contributed by atoms with Crippen LogP contribution in [0.25, 0.3) is 0 Å². The molecule has 0 radical (unpaired) electrons. The van der Waals surface area contributed by atoms with E-state index in [9.17, 15) is 21.6 Å². The molecule has 8 nitrogen and oxygen atoms in total. The largest absolute Gasteiger partial charge is 0.467 e. The minimum absolute atomic E-state index is 0.0673. The SMILES string of the molecule is COC(=O)C1CN(S(=O)(=O)CCS(C)(=O)=O)CCO1. The van der Waals surface area contributed by atoms with Gasteiger partial charge in [-0.05, 0) is 0 Å². The average Bonchev–Trinajstić information content (AvgIpc) is 2.35. The lowest BCUT2D eigenvalue weighted by molar-refractivity contribution is -0.157. The summed E-state index contributed by atoms with van der Waals surface area (Å²) in [4.78, 5) is 11.3. The van der Waals surface area contributed by atoms with Gasteiger partial charge in [-0.3, -0.25) is 0 Å². The number of carbonyl (C=O) groups excluding carboxylic acids is 1. The number of ether oxygens (including phenoxy) is 2. The topological polar surface area (TPSA) is 107 Å². The highest BCUT2D eigenvalue weighted by Crippen LogP contribution is 2.12. The molecule has 1 atom stereocenters. The van der Waals surface area contributed by atoms with E-state index in [0.29, 0.717) is 0 Å². The fraction of sp³-hybridized carbons (Fsp3) is 0.889. The summed E-state index contributed by atoms with van der Waals surface area (Å²) in [5, 5.41) is 0.